The van der Waals surface area contributed by atoms with Gasteiger partial charge >= 0.3 is 0 Å². The van der Waals surface area contributed by atoms with Gasteiger partial charge in [-0.05, 0) is 19.4 Å². The van der Waals surface area contributed by atoms with Gasteiger partial charge in [0.05, 0.1) is 5.69 Å². The summed E-state index contributed by atoms with van der Waals surface area (Å²) in [5.74, 6) is 1.01. The lowest BCUT2D eigenvalue weighted by Gasteiger charge is -2.08. The molecule has 15 heavy (non-hydrogen) atoms. The normalized spacial score (nSPS) is 13.1. The van der Waals surface area contributed by atoms with Gasteiger partial charge in [0.15, 0.2) is 0 Å². The van der Waals surface area contributed by atoms with Crippen LogP contribution in [0.1, 0.15) is 32.2 Å². The number of aryl methyl sites for hydroxylation is 2. The Morgan fingerprint density at radius 1 is 1.53 bits per heavy atom. The van der Waals surface area contributed by atoms with E-state index in [9.17, 15) is 0 Å². The molecule has 1 aromatic rings. The minimum atomic E-state index is 0.523. The van der Waals surface area contributed by atoms with E-state index in [1.807, 2.05) is 11.8 Å². The predicted molar refractivity (Wildman–Crippen MR) is 67.1 cm³/mol. The summed E-state index contributed by atoms with van der Waals surface area (Å²) in [4.78, 5) is 0. The summed E-state index contributed by atoms with van der Waals surface area (Å²) in [6.07, 6.45) is 1.01. The van der Waals surface area contributed by atoms with Crippen LogP contribution in [0.25, 0.3) is 0 Å². The zero-order valence-corrected chi connectivity index (χ0v) is 10.7. The van der Waals surface area contributed by atoms with E-state index in [-0.39, 0.29) is 0 Å². The van der Waals surface area contributed by atoms with Crippen LogP contribution in [0.3, 0.4) is 0 Å². The molecular formula is C11H21N3S. The maximum atomic E-state index is 5.59. The molecule has 0 fully saturated rings. The van der Waals surface area contributed by atoms with E-state index in [1.165, 1.54) is 11.4 Å². The first kappa shape index (κ1) is 12.6. The molecule has 0 radical (unpaired) electrons. The molecule has 1 heterocycles. The van der Waals surface area contributed by atoms with E-state index < -0.39 is 0 Å². The van der Waals surface area contributed by atoms with Crippen molar-refractivity contribution in [1.29, 1.82) is 0 Å². The molecular weight excluding hydrogens is 206 g/mol. The second-order valence-corrected chi connectivity index (χ2v) is 5.08. The van der Waals surface area contributed by atoms with Crippen molar-refractivity contribution in [3.8, 4) is 0 Å². The fraction of sp³-hybridized carbons (Fsp3) is 0.727. The van der Waals surface area contributed by atoms with E-state index >= 15 is 0 Å². The number of nitrogens with two attached hydrogens (primary N) is 1. The molecule has 0 saturated carbocycles. The van der Waals surface area contributed by atoms with Crippen molar-refractivity contribution in [3.63, 3.8) is 0 Å². The average Bonchev–Trinajstić information content (AvgIpc) is 2.68. The SMILES string of the molecule is CCc1cc(CSC(C)CN)n(CC)n1. The molecule has 0 aliphatic rings. The van der Waals surface area contributed by atoms with Crippen molar-refractivity contribution in [1.82, 2.24) is 9.78 Å². The Hall–Kier alpha value is -0.480. The Morgan fingerprint density at radius 3 is 2.80 bits per heavy atom. The molecule has 0 aliphatic heterocycles. The summed E-state index contributed by atoms with van der Waals surface area (Å²) in [6.45, 7) is 8.13. The van der Waals surface area contributed by atoms with Crippen LogP contribution in [-0.2, 0) is 18.7 Å². The minimum Gasteiger partial charge on any atom is -0.329 e. The Morgan fingerprint density at radius 2 is 2.27 bits per heavy atom. The smallest absolute Gasteiger partial charge is 0.0625 e. The quantitative estimate of drug-likeness (QED) is 0.809. The number of nitrogens with zero attached hydrogens (tertiary/aromatic N) is 2. The highest BCUT2D eigenvalue weighted by molar-refractivity contribution is 7.99. The highest BCUT2D eigenvalue weighted by Crippen LogP contribution is 2.18. The van der Waals surface area contributed by atoms with Gasteiger partial charge in [-0.25, -0.2) is 0 Å². The number of hydrogen-bond donors (Lipinski definition) is 1. The van der Waals surface area contributed by atoms with Crippen LogP contribution in [0, 0.1) is 0 Å². The van der Waals surface area contributed by atoms with Gasteiger partial charge in [-0.3, -0.25) is 4.68 Å². The van der Waals surface area contributed by atoms with Crippen LogP contribution in [0.15, 0.2) is 6.07 Å². The number of aromatic nitrogens is 2. The van der Waals surface area contributed by atoms with Crippen molar-refractivity contribution in [2.45, 2.75) is 44.7 Å². The van der Waals surface area contributed by atoms with Crippen LogP contribution in [0.2, 0.25) is 0 Å². The third-order valence-corrected chi connectivity index (χ3v) is 3.65. The van der Waals surface area contributed by atoms with Crippen molar-refractivity contribution in [3.05, 3.63) is 17.5 Å². The number of thioether (sulfide) groups is 1. The van der Waals surface area contributed by atoms with Crippen molar-refractivity contribution < 1.29 is 0 Å². The van der Waals surface area contributed by atoms with Crippen molar-refractivity contribution in [2.75, 3.05) is 6.54 Å². The second kappa shape index (κ2) is 6.18. The van der Waals surface area contributed by atoms with Gasteiger partial charge in [0.25, 0.3) is 0 Å². The molecule has 1 aromatic heterocycles. The van der Waals surface area contributed by atoms with Crippen LogP contribution in [0.5, 0.6) is 0 Å². The summed E-state index contributed by atoms with van der Waals surface area (Å²) in [6, 6.07) is 2.21. The summed E-state index contributed by atoms with van der Waals surface area (Å²) >= 11 is 1.90. The zero-order chi connectivity index (χ0) is 11.3. The third kappa shape index (κ3) is 3.54. The number of rotatable bonds is 6. The molecule has 1 rings (SSSR count). The van der Waals surface area contributed by atoms with E-state index in [1.54, 1.807) is 0 Å². The fourth-order valence-corrected chi connectivity index (χ4v) is 2.20. The van der Waals surface area contributed by atoms with Gasteiger partial charge < -0.3 is 5.73 Å². The lowest BCUT2D eigenvalue weighted by atomic mass is 10.3. The fourth-order valence-electron chi connectivity index (χ4n) is 1.37. The molecule has 86 valence electrons. The molecule has 4 heteroatoms. The molecule has 0 spiro atoms. The van der Waals surface area contributed by atoms with Gasteiger partial charge in [0, 0.05) is 29.8 Å². The van der Waals surface area contributed by atoms with E-state index in [4.69, 9.17) is 5.73 Å². The molecule has 0 aromatic carbocycles. The molecule has 0 bridgehead atoms. The van der Waals surface area contributed by atoms with Crippen molar-refractivity contribution >= 4 is 11.8 Å². The molecule has 0 saturated heterocycles. The average molecular weight is 227 g/mol. The monoisotopic (exact) mass is 227 g/mol. The maximum Gasteiger partial charge on any atom is 0.0625 e. The third-order valence-electron chi connectivity index (χ3n) is 2.42. The first-order chi connectivity index (χ1) is 7.21. The van der Waals surface area contributed by atoms with Gasteiger partial charge in [0.2, 0.25) is 0 Å². The highest BCUT2D eigenvalue weighted by Gasteiger charge is 2.07. The van der Waals surface area contributed by atoms with E-state index in [0.717, 1.165) is 25.3 Å². The first-order valence-corrected chi connectivity index (χ1v) is 6.63. The summed E-state index contributed by atoms with van der Waals surface area (Å²) in [5, 5.41) is 5.05. The molecule has 0 aliphatic carbocycles. The van der Waals surface area contributed by atoms with Crippen LogP contribution < -0.4 is 5.73 Å². The first-order valence-electron chi connectivity index (χ1n) is 5.58. The summed E-state index contributed by atoms with van der Waals surface area (Å²) < 4.78 is 2.09. The topological polar surface area (TPSA) is 43.8 Å². The molecule has 3 nitrogen and oxygen atoms in total. The van der Waals surface area contributed by atoms with Crippen LogP contribution in [-0.4, -0.2) is 21.6 Å². The van der Waals surface area contributed by atoms with Crippen molar-refractivity contribution in [2.24, 2.45) is 5.73 Å². The molecule has 1 atom stereocenters. The zero-order valence-electron chi connectivity index (χ0n) is 9.86. The van der Waals surface area contributed by atoms with Crippen LogP contribution in [0.4, 0.5) is 0 Å². The largest absolute Gasteiger partial charge is 0.329 e. The van der Waals surface area contributed by atoms with E-state index in [0.29, 0.717) is 5.25 Å². The Balaban J connectivity index is 2.62. The van der Waals surface area contributed by atoms with Gasteiger partial charge in [-0.15, -0.1) is 0 Å². The molecule has 2 N–H and O–H groups in total. The standard InChI is InChI=1S/C11H21N3S/c1-4-10-6-11(14(5-2)13-10)8-15-9(3)7-12/h6,9H,4-5,7-8,12H2,1-3H3. The van der Waals surface area contributed by atoms with Gasteiger partial charge in [-0.2, -0.15) is 16.9 Å². The lowest BCUT2D eigenvalue weighted by molar-refractivity contribution is 0.627. The maximum absolute atomic E-state index is 5.59. The van der Waals surface area contributed by atoms with Crippen LogP contribution >= 0.6 is 11.8 Å². The molecule has 1 unspecified atom stereocenters. The lowest BCUT2D eigenvalue weighted by Crippen LogP contribution is -2.13. The second-order valence-electron chi connectivity index (χ2n) is 3.65. The summed E-state index contributed by atoms with van der Waals surface area (Å²) in [5.41, 5.74) is 8.10. The Kier molecular flexibility index (Phi) is 5.19. The highest BCUT2D eigenvalue weighted by atomic mass is 32.2. The Labute approximate surface area is 96.4 Å². The predicted octanol–water partition coefficient (Wildman–Crippen LogP) is 2.05. The summed E-state index contributed by atoms with van der Waals surface area (Å²) in [7, 11) is 0. The molecule has 0 amide bonds. The minimum absolute atomic E-state index is 0.523. The van der Waals surface area contributed by atoms with Gasteiger partial charge in [-0.1, -0.05) is 13.8 Å². The Bertz CT molecular complexity index is 296. The van der Waals surface area contributed by atoms with Gasteiger partial charge in [0.1, 0.15) is 0 Å². The van der Waals surface area contributed by atoms with E-state index in [2.05, 4.69) is 36.6 Å². The number of hydrogen-bond acceptors (Lipinski definition) is 3.